The van der Waals surface area contributed by atoms with Crippen molar-refractivity contribution in [3.63, 3.8) is 0 Å². The molecule has 1 aromatic heterocycles. The number of phenols is 1. The summed E-state index contributed by atoms with van der Waals surface area (Å²) >= 11 is 11.0. The Balaban J connectivity index is 1.76. The summed E-state index contributed by atoms with van der Waals surface area (Å²) < 4.78 is 20.9. The van der Waals surface area contributed by atoms with Crippen LogP contribution < -0.4 is 4.72 Å². The maximum absolute atomic E-state index is 12.9. The maximum Gasteiger partial charge on any atom is 0.136 e. The Morgan fingerprint density at radius 3 is 2.47 bits per heavy atom. The van der Waals surface area contributed by atoms with Crippen molar-refractivity contribution in [2.24, 2.45) is 5.92 Å². The van der Waals surface area contributed by atoms with Gasteiger partial charge in [-0.2, -0.15) is 0 Å². The van der Waals surface area contributed by atoms with Crippen LogP contribution in [0.25, 0.3) is 0 Å². The van der Waals surface area contributed by atoms with Gasteiger partial charge in [-0.1, -0.05) is 28.4 Å². The monoisotopic (exact) mass is 473 g/mol. The van der Waals surface area contributed by atoms with E-state index < -0.39 is 16.1 Å². The van der Waals surface area contributed by atoms with Crippen LogP contribution in [0.5, 0.6) is 5.75 Å². The SMILES string of the molecule is Cc1cc(CN2CCC(C(N[S+]([O-])C(C)(C)C)c3cc(Cl)c(Cl)cc3O)CC2)no1. The molecule has 0 radical (unpaired) electrons. The van der Waals surface area contributed by atoms with Gasteiger partial charge in [0.25, 0.3) is 0 Å². The van der Waals surface area contributed by atoms with Gasteiger partial charge < -0.3 is 14.2 Å². The average molecular weight is 474 g/mol. The third-order valence-corrected chi connectivity index (χ3v) is 7.66. The molecule has 1 fully saturated rings. The number of hydrogen-bond acceptors (Lipinski definition) is 6. The van der Waals surface area contributed by atoms with Gasteiger partial charge in [0, 0.05) is 35.6 Å². The van der Waals surface area contributed by atoms with E-state index in [1.165, 1.54) is 6.07 Å². The number of nitrogens with one attached hydrogen (secondary N) is 1. The summed E-state index contributed by atoms with van der Waals surface area (Å²) in [4.78, 5) is 2.33. The molecule has 0 aliphatic carbocycles. The molecule has 2 heterocycles. The number of aryl methyl sites for hydroxylation is 1. The number of aromatic nitrogens is 1. The maximum atomic E-state index is 12.9. The van der Waals surface area contributed by atoms with E-state index in [4.69, 9.17) is 27.7 Å². The van der Waals surface area contributed by atoms with Crippen LogP contribution in [0.2, 0.25) is 10.0 Å². The molecule has 0 bridgehead atoms. The first-order chi connectivity index (χ1) is 14.0. The van der Waals surface area contributed by atoms with Gasteiger partial charge in [-0.25, -0.2) is 0 Å². The van der Waals surface area contributed by atoms with E-state index in [0.717, 1.165) is 43.9 Å². The van der Waals surface area contributed by atoms with Crippen LogP contribution in [-0.4, -0.2) is 37.6 Å². The number of benzene rings is 1. The first-order valence-electron chi connectivity index (χ1n) is 10.0. The molecule has 1 aliphatic rings. The number of piperidine rings is 1. The van der Waals surface area contributed by atoms with Gasteiger partial charge in [0.05, 0.1) is 21.8 Å². The molecular formula is C21H29Cl2N3O3S. The first-order valence-corrected chi connectivity index (χ1v) is 12.0. The summed E-state index contributed by atoms with van der Waals surface area (Å²) in [5, 5.41) is 15.3. The van der Waals surface area contributed by atoms with Gasteiger partial charge in [0.2, 0.25) is 0 Å². The van der Waals surface area contributed by atoms with Crippen LogP contribution >= 0.6 is 23.2 Å². The molecular weight excluding hydrogens is 445 g/mol. The lowest BCUT2D eigenvalue weighted by molar-refractivity contribution is 0.154. The lowest BCUT2D eigenvalue weighted by Crippen LogP contribution is -2.45. The molecule has 2 aromatic rings. The van der Waals surface area contributed by atoms with E-state index >= 15 is 0 Å². The van der Waals surface area contributed by atoms with E-state index in [1.54, 1.807) is 6.07 Å². The Labute approximate surface area is 191 Å². The highest BCUT2D eigenvalue weighted by Gasteiger charge is 2.36. The fourth-order valence-electron chi connectivity index (χ4n) is 3.67. The van der Waals surface area contributed by atoms with Crippen molar-refractivity contribution in [3.8, 4) is 5.75 Å². The predicted molar refractivity (Wildman–Crippen MR) is 121 cm³/mol. The minimum absolute atomic E-state index is 0.0633. The molecule has 2 N–H and O–H groups in total. The molecule has 9 heteroatoms. The highest BCUT2D eigenvalue weighted by atomic mass is 35.5. The Bertz CT molecular complexity index is 864. The molecule has 2 unspecified atom stereocenters. The Morgan fingerprint density at radius 2 is 1.90 bits per heavy atom. The second-order valence-corrected chi connectivity index (χ2v) is 11.7. The summed E-state index contributed by atoms with van der Waals surface area (Å²) in [6.45, 7) is 10.1. The molecule has 166 valence electrons. The quantitative estimate of drug-likeness (QED) is 0.574. The normalized spacial score (nSPS) is 18.5. The smallest absolute Gasteiger partial charge is 0.136 e. The van der Waals surface area contributed by atoms with E-state index in [0.29, 0.717) is 15.6 Å². The summed E-state index contributed by atoms with van der Waals surface area (Å²) in [5.74, 6) is 1.06. The van der Waals surface area contributed by atoms with Crippen LogP contribution in [-0.2, 0) is 17.9 Å². The van der Waals surface area contributed by atoms with Gasteiger partial charge in [-0.05, 0) is 65.6 Å². The minimum Gasteiger partial charge on any atom is -0.598 e. The fourth-order valence-corrected chi connectivity index (χ4v) is 4.91. The third-order valence-electron chi connectivity index (χ3n) is 5.36. The number of aromatic hydroxyl groups is 1. The van der Waals surface area contributed by atoms with Crippen LogP contribution in [0.1, 0.15) is 56.7 Å². The Hall–Kier alpha value is -0.960. The molecule has 6 nitrogen and oxygen atoms in total. The van der Waals surface area contributed by atoms with Crippen molar-refractivity contribution in [1.29, 1.82) is 0 Å². The van der Waals surface area contributed by atoms with E-state index in [-0.39, 0.29) is 17.7 Å². The zero-order valence-electron chi connectivity index (χ0n) is 17.7. The minimum atomic E-state index is -1.30. The highest BCUT2D eigenvalue weighted by Crippen LogP contribution is 2.40. The van der Waals surface area contributed by atoms with Gasteiger partial charge in [0.15, 0.2) is 0 Å². The van der Waals surface area contributed by atoms with Crippen molar-refractivity contribution in [2.45, 2.75) is 57.9 Å². The Kier molecular flexibility index (Phi) is 7.64. The number of halogens is 2. The summed E-state index contributed by atoms with van der Waals surface area (Å²) in [6, 6.07) is 4.80. The number of nitrogens with zero attached hydrogens (tertiary/aromatic N) is 2. The molecule has 3 rings (SSSR count). The van der Waals surface area contributed by atoms with Crippen molar-refractivity contribution in [1.82, 2.24) is 14.8 Å². The predicted octanol–water partition coefficient (Wildman–Crippen LogP) is 5.00. The third kappa shape index (κ3) is 5.84. The van der Waals surface area contributed by atoms with Gasteiger partial charge >= 0.3 is 0 Å². The summed E-state index contributed by atoms with van der Waals surface area (Å²) in [6.07, 6.45) is 1.77. The number of rotatable bonds is 6. The zero-order valence-corrected chi connectivity index (χ0v) is 20.1. The number of likely N-dealkylation sites (tertiary alicyclic amines) is 1. The van der Waals surface area contributed by atoms with Gasteiger partial charge in [-0.15, -0.1) is 4.72 Å². The fraction of sp³-hybridized carbons (Fsp3) is 0.571. The molecule has 1 aromatic carbocycles. The van der Waals surface area contributed by atoms with Gasteiger partial charge in [0.1, 0.15) is 16.3 Å². The largest absolute Gasteiger partial charge is 0.598 e. The standard InChI is InChI=1S/C21H29Cl2N3O3S/c1-13-9-15(24-29-13)12-26-7-5-14(6-8-26)20(25-30(28)21(2,3)4)16-10-17(22)18(23)11-19(16)27/h9-11,14,20,25,27H,5-8,12H2,1-4H3. The van der Waals surface area contributed by atoms with E-state index in [1.807, 2.05) is 33.8 Å². The van der Waals surface area contributed by atoms with Crippen LogP contribution in [0, 0.1) is 12.8 Å². The average Bonchev–Trinajstić information content (AvgIpc) is 3.07. The molecule has 0 amide bonds. The molecule has 1 saturated heterocycles. The second-order valence-electron chi connectivity index (χ2n) is 8.84. The highest BCUT2D eigenvalue weighted by molar-refractivity contribution is 7.90. The van der Waals surface area contributed by atoms with Crippen LogP contribution in [0.4, 0.5) is 0 Å². The molecule has 0 spiro atoms. The lowest BCUT2D eigenvalue weighted by Gasteiger charge is -2.37. The first kappa shape index (κ1) is 23.7. The van der Waals surface area contributed by atoms with Gasteiger partial charge in [-0.3, -0.25) is 4.90 Å². The zero-order chi connectivity index (χ0) is 22.1. The van der Waals surface area contributed by atoms with Crippen molar-refractivity contribution in [3.05, 3.63) is 45.3 Å². The number of hydrogen-bond donors (Lipinski definition) is 2. The molecule has 1 aliphatic heterocycles. The van der Waals surface area contributed by atoms with E-state index in [9.17, 15) is 9.66 Å². The molecule has 0 saturated carbocycles. The van der Waals surface area contributed by atoms with E-state index in [2.05, 4.69) is 14.8 Å². The number of phenolic OH excluding ortho intramolecular Hbond substituents is 1. The summed E-state index contributed by atoms with van der Waals surface area (Å²) in [7, 11) is 0. The second kappa shape index (κ2) is 9.67. The summed E-state index contributed by atoms with van der Waals surface area (Å²) in [5.41, 5.74) is 1.56. The molecule has 30 heavy (non-hydrogen) atoms. The van der Waals surface area contributed by atoms with Crippen molar-refractivity contribution >= 4 is 34.6 Å². The van der Waals surface area contributed by atoms with Crippen molar-refractivity contribution in [2.75, 3.05) is 13.1 Å². The van der Waals surface area contributed by atoms with Crippen LogP contribution in [0.3, 0.4) is 0 Å². The molecule has 2 atom stereocenters. The van der Waals surface area contributed by atoms with Crippen molar-refractivity contribution < 1.29 is 14.2 Å². The van der Waals surface area contributed by atoms with Crippen LogP contribution in [0.15, 0.2) is 22.7 Å². The lowest BCUT2D eigenvalue weighted by atomic mass is 9.85. The Morgan fingerprint density at radius 1 is 1.27 bits per heavy atom. The topological polar surface area (TPSA) is 84.6 Å².